The Morgan fingerprint density at radius 2 is 1.91 bits per heavy atom. The zero-order valence-corrected chi connectivity index (χ0v) is 20.6. The third-order valence-corrected chi connectivity index (χ3v) is 7.54. The van der Waals surface area contributed by atoms with Crippen LogP contribution in [0.1, 0.15) is 74.5 Å². The van der Waals surface area contributed by atoms with E-state index in [0.29, 0.717) is 29.7 Å². The SMILES string of the molecule is CO[C@H]1CC[C@@](O)(CN2CCC(CNC(=O)c3cc(Cl)c(C)n(C(C)C)c3=O)CC2)CC1. The number of halogens is 1. The van der Waals surface area contributed by atoms with Crippen LogP contribution in [0.2, 0.25) is 5.02 Å². The van der Waals surface area contributed by atoms with Crippen LogP contribution in [0.4, 0.5) is 0 Å². The number of nitrogens with one attached hydrogen (secondary N) is 1. The molecule has 0 bridgehead atoms. The van der Waals surface area contributed by atoms with E-state index in [1.165, 1.54) is 6.07 Å². The molecule has 1 aliphatic heterocycles. The molecule has 2 N–H and O–H groups in total. The van der Waals surface area contributed by atoms with Crippen LogP contribution in [-0.2, 0) is 4.74 Å². The van der Waals surface area contributed by atoms with Gasteiger partial charge in [-0.3, -0.25) is 9.59 Å². The Hall–Kier alpha value is -1.41. The van der Waals surface area contributed by atoms with Gasteiger partial charge in [0, 0.05) is 31.9 Å². The molecule has 32 heavy (non-hydrogen) atoms. The van der Waals surface area contributed by atoms with Crippen LogP contribution < -0.4 is 10.9 Å². The zero-order chi connectivity index (χ0) is 23.5. The van der Waals surface area contributed by atoms with Gasteiger partial charge in [0.05, 0.1) is 16.7 Å². The van der Waals surface area contributed by atoms with E-state index in [1.54, 1.807) is 18.6 Å². The van der Waals surface area contributed by atoms with E-state index in [0.717, 1.165) is 51.6 Å². The quantitative estimate of drug-likeness (QED) is 0.643. The third kappa shape index (κ3) is 5.93. The average molecular weight is 468 g/mol. The number of carbonyl (C=O) groups excluding carboxylic acids is 1. The molecule has 1 amide bonds. The molecule has 0 aromatic carbocycles. The second-order valence-electron chi connectivity index (χ2n) is 9.85. The lowest BCUT2D eigenvalue weighted by molar-refractivity contribution is -0.0650. The second-order valence-corrected chi connectivity index (χ2v) is 10.3. The first-order valence-electron chi connectivity index (χ1n) is 11.8. The van der Waals surface area contributed by atoms with Gasteiger partial charge >= 0.3 is 0 Å². The number of hydrogen-bond donors (Lipinski definition) is 2. The van der Waals surface area contributed by atoms with Crippen molar-refractivity contribution in [3.8, 4) is 0 Å². The van der Waals surface area contributed by atoms with Gasteiger partial charge in [0.1, 0.15) is 5.56 Å². The minimum Gasteiger partial charge on any atom is -0.389 e. The summed E-state index contributed by atoms with van der Waals surface area (Å²) in [5, 5.41) is 14.3. The number of methoxy groups -OCH3 is 1. The molecule has 1 aromatic heterocycles. The highest BCUT2D eigenvalue weighted by Crippen LogP contribution is 2.31. The Labute approximate surface area is 196 Å². The van der Waals surface area contributed by atoms with Crippen molar-refractivity contribution in [1.82, 2.24) is 14.8 Å². The van der Waals surface area contributed by atoms with Gasteiger partial charge in [0.15, 0.2) is 0 Å². The molecular weight excluding hydrogens is 430 g/mol. The highest BCUT2D eigenvalue weighted by Gasteiger charge is 2.35. The van der Waals surface area contributed by atoms with Crippen LogP contribution in [0.5, 0.6) is 0 Å². The number of piperidine rings is 1. The van der Waals surface area contributed by atoms with Crippen molar-refractivity contribution in [2.45, 2.75) is 77.0 Å². The molecule has 2 fully saturated rings. The minimum atomic E-state index is -0.614. The van der Waals surface area contributed by atoms with Crippen molar-refractivity contribution < 1.29 is 14.6 Å². The van der Waals surface area contributed by atoms with Crippen molar-refractivity contribution in [3.63, 3.8) is 0 Å². The van der Waals surface area contributed by atoms with Crippen molar-refractivity contribution >= 4 is 17.5 Å². The molecule has 180 valence electrons. The zero-order valence-electron chi connectivity index (χ0n) is 19.8. The van der Waals surface area contributed by atoms with E-state index in [-0.39, 0.29) is 29.2 Å². The topological polar surface area (TPSA) is 83.8 Å². The summed E-state index contributed by atoms with van der Waals surface area (Å²) in [4.78, 5) is 27.9. The number of hydrogen-bond acceptors (Lipinski definition) is 5. The number of ether oxygens (including phenoxy) is 1. The molecule has 0 radical (unpaired) electrons. The van der Waals surface area contributed by atoms with Gasteiger partial charge in [-0.1, -0.05) is 11.6 Å². The van der Waals surface area contributed by atoms with Crippen LogP contribution in [0.25, 0.3) is 0 Å². The molecule has 0 atom stereocenters. The van der Waals surface area contributed by atoms with Crippen LogP contribution in [0.3, 0.4) is 0 Å². The Morgan fingerprint density at radius 3 is 2.47 bits per heavy atom. The lowest BCUT2D eigenvalue weighted by Gasteiger charge is -2.41. The normalized spacial score (nSPS) is 25.3. The molecule has 0 unspecified atom stereocenters. The average Bonchev–Trinajstić information content (AvgIpc) is 2.76. The summed E-state index contributed by atoms with van der Waals surface area (Å²) in [6.07, 6.45) is 5.60. The first-order chi connectivity index (χ1) is 15.1. The van der Waals surface area contributed by atoms with Crippen LogP contribution >= 0.6 is 11.6 Å². The first-order valence-corrected chi connectivity index (χ1v) is 12.2. The number of amides is 1. The molecule has 1 aromatic rings. The molecule has 1 saturated carbocycles. The van der Waals surface area contributed by atoms with Gasteiger partial charge < -0.3 is 24.6 Å². The van der Waals surface area contributed by atoms with Gasteiger partial charge in [-0.05, 0) is 84.4 Å². The molecule has 8 heteroatoms. The first kappa shape index (κ1) is 25.2. The minimum absolute atomic E-state index is 0.0727. The Kier molecular flexibility index (Phi) is 8.42. The van der Waals surface area contributed by atoms with Gasteiger partial charge in [-0.25, -0.2) is 0 Å². The van der Waals surface area contributed by atoms with Crippen LogP contribution in [0.15, 0.2) is 10.9 Å². The highest BCUT2D eigenvalue weighted by molar-refractivity contribution is 6.31. The van der Waals surface area contributed by atoms with Gasteiger partial charge in [0.25, 0.3) is 11.5 Å². The number of carbonyl (C=O) groups is 1. The number of aliphatic hydroxyl groups is 1. The fraction of sp³-hybridized carbons (Fsp3) is 0.750. The summed E-state index contributed by atoms with van der Waals surface area (Å²) < 4.78 is 6.99. The smallest absolute Gasteiger partial charge is 0.263 e. The van der Waals surface area contributed by atoms with Crippen LogP contribution in [-0.4, -0.2) is 65.5 Å². The maximum Gasteiger partial charge on any atom is 0.263 e. The lowest BCUT2D eigenvalue weighted by atomic mass is 9.82. The number of β-amino-alcohol motifs (C(OH)–C–C–N with tert-alkyl or cyclic N) is 1. The molecule has 1 aliphatic carbocycles. The van der Waals surface area contributed by atoms with E-state index in [1.807, 2.05) is 13.8 Å². The molecule has 0 spiro atoms. The molecular formula is C24H38ClN3O4. The van der Waals surface area contributed by atoms with E-state index in [4.69, 9.17) is 16.3 Å². The summed E-state index contributed by atoms with van der Waals surface area (Å²) in [5.41, 5.74) is -0.142. The monoisotopic (exact) mass is 467 g/mol. The molecule has 2 aliphatic rings. The predicted octanol–water partition coefficient (Wildman–Crippen LogP) is 3.15. The lowest BCUT2D eigenvalue weighted by Crippen LogP contribution is -2.49. The number of likely N-dealkylation sites (tertiary alicyclic amines) is 1. The molecule has 1 saturated heterocycles. The van der Waals surface area contributed by atoms with Gasteiger partial charge in [0.2, 0.25) is 0 Å². The van der Waals surface area contributed by atoms with Crippen LogP contribution in [0, 0.1) is 12.8 Å². The number of pyridine rings is 1. The van der Waals surface area contributed by atoms with Crippen molar-refractivity contribution in [2.24, 2.45) is 5.92 Å². The Morgan fingerprint density at radius 1 is 1.28 bits per heavy atom. The largest absolute Gasteiger partial charge is 0.389 e. The van der Waals surface area contributed by atoms with E-state index in [2.05, 4.69) is 10.2 Å². The predicted molar refractivity (Wildman–Crippen MR) is 127 cm³/mol. The highest BCUT2D eigenvalue weighted by atomic mass is 35.5. The molecule has 2 heterocycles. The number of rotatable bonds is 7. The summed E-state index contributed by atoms with van der Waals surface area (Å²) in [6, 6.07) is 1.41. The van der Waals surface area contributed by atoms with E-state index >= 15 is 0 Å². The fourth-order valence-corrected chi connectivity index (χ4v) is 5.29. The van der Waals surface area contributed by atoms with E-state index in [9.17, 15) is 14.7 Å². The summed E-state index contributed by atoms with van der Waals surface area (Å²) in [6.45, 7) is 8.66. The maximum atomic E-state index is 12.8. The number of aromatic nitrogens is 1. The summed E-state index contributed by atoms with van der Waals surface area (Å²) >= 11 is 6.28. The summed E-state index contributed by atoms with van der Waals surface area (Å²) in [7, 11) is 1.74. The molecule has 7 nitrogen and oxygen atoms in total. The van der Waals surface area contributed by atoms with Crippen molar-refractivity contribution in [3.05, 3.63) is 32.7 Å². The molecule has 3 rings (SSSR count). The van der Waals surface area contributed by atoms with Gasteiger partial charge in [-0.15, -0.1) is 0 Å². The Bertz CT molecular complexity index is 854. The summed E-state index contributed by atoms with van der Waals surface area (Å²) in [5.74, 6) is 0.000240. The maximum absolute atomic E-state index is 12.8. The second kappa shape index (κ2) is 10.7. The van der Waals surface area contributed by atoms with Crippen molar-refractivity contribution in [2.75, 3.05) is 33.3 Å². The van der Waals surface area contributed by atoms with Gasteiger partial charge in [-0.2, -0.15) is 0 Å². The standard InChI is InChI=1S/C24H38ClN3O4/c1-16(2)28-17(3)21(25)13-20(23(28)30)22(29)26-14-18-7-11-27(12-8-18)15-24(31)9-5-19(32-4)6-10-24/h13,16,18-19,31H,5-12,14-15H2,1-4H3,(H,26,29)/t19-,24-. The van der Waals surface area contributed by atoms with Crippen molar-refractivity contribution in [1.29, 1.82) is 0 Å². The number of nitrogens with zero attached hydrogens (tertiary/aromatic N) is 2. The third-order valence-electron chi connectivity index (χ3n) is 7.16. The fourth-order valence-electron chi connectivity index (χ4n) is 5.09. The van der Waals surface area contributed by atoms with E-state index < -0.39 is 5.60 Å². The Balaban J connectivity index is 1.49.